The van der Waals surface area contributed by atoms with Crippen LogP contribution in [0.1, 0.15) is 62.8 Å². The monoisotopic (exact) mass is 707 g/mol. The molecule has 0 bridgehead atoms. The molecule has 7 nitrogen and oxygen atoms in total. The number of sulfonamides is 1. The Morgan fingerprint density at radius 1 is 0.854 bits per heavy atom. The molecule has 1 N–H and O–H groups in total. The summed E-state index contributed by atoms with van der Waals surface area (Å²) in [5.74, 6) is -0.726. The summed E-state index contributed by atoms with van der Waals surface area (Å²) < 4.78 is 29.7. The Morgan fingerprint density at radius 2 is 1.48 bits per heavy atom. The molecule has 0 aliphatic carbocycles. The van der Waals surface area contributed by atoms with Crippen LogP contribution in [0.25, 0.3) is 0 Å². The van der Waals surface area contributed by atoms with Crippen LogP contribution in [0.5, 0.6) is 0 Å². The molecule has 4 rings (SSSR count). The summed E-state index contributed by atoms with van der Waals surface area (Å²) in [5, 5.41) is 3.78. The lowest BCUT2D eigenvalue weighted by atomic mass is 10.0. The zero-order valence-corrected chi connectivity index (χ0v) is 30.5. The highest BCUT2D eigenvalue weighted by Gasteiger charge is 2.36. The molecule has 0 aliphatic heterocycles. The molecule has 10 heteroatoms. The first-order valence-electron chi connectivity index (χ1n) is 15.8. The Labute approximate surface area is 294 Å². The number of hydrogen-bond acceptors (Lipinski definition) is 4. The van der Waals surface area contributed by atoms with Gasteiger partial charge in [0.05, 0.1) is 10.6 Å². The topological polar surface area (TPSA) is 86.8 Å². The molecule has 4 aromatic rings. The highest BCUT2D eigenvalue weighted by Crippen LogP contribution is 2.29. The van der Waals surface area contributed by atoms with E-state index in [2.05, 4.69) is 19.2 Å². The van der Waals surface area contributed by atoms with Crippen molar-refractivity contribution in [2.45, 2.75) is 76.9 Å². The Hall–Kier alpha value is -3.85. The molecule has 2 amide bonds. The standard InChI is InChI=1S/C38H43Cl2N3O4S/c1-26(2)29-15-18-32(19-16-29)43(48(46,47)33-20-12-27(3)13-21-33)25-36(44)42(24-30-14-17-31(39)23-34(30)40)35(37(45)41-38(4,5)6)22-28-10-8-7-9-11-28/h7-21,23,26,35H,22,24-25H2,1-6H3,(H,41,45)/t35-/m0/s1. The number of halogens is 2. The van der Waals surface area contributed by atoms with Crippen molar-refractivity contribution in [1.82, 2.24) is 10.2 Å². The van der Waals surface area contributed by atoms with E-state index in [1.165, 1.54) is 17.0 Å². The average molecular weight is 709 g/mol. The minimum atomic E-state index is -4.21. The van der Waals surface area contributed by atoms with Gasteiger partial charge in [-0.15, -0.1) is 0 Å². The third-order valence-corrected chi connectivity index (χ3v) is 10.2. The van der Waals surface area contributed by atoms with E-state index >= 15 is 0 Å². The fourth-order valence-electron chi connectivity index (χ4n) is 5.23. The van der Waals surface area contributed by atoms with E-state index in [9.17, 15) is 18.0 Å². The molecule has 4 aromatic carbocycles. The van der Waals surface area contributed by atoms with Gasteiger partial charge in [0.15, 0.2) is 0 Å². The van der Waals surface area contributed by atoms with Crippen LogP contribution in [-0.2, 0) is 32.6 Å². The highest BCUT2D eigenvalue weighted by atomic mass is 35.5. The molecule has 48 heavy (non-hydrogen) atoms. The zero-order chi connectivity index (χ0) is 35.2. The minimum absolute atomic E-state index is 0.0486. The smallest absolute Gasteiger partial charge is 0.264 e. The van der Waals surface area contributed by atoms with Crippen LogP contribution < -0.4 is 9.62 Å². The number of carbonyl (C=O) groups excluding carboxylic acids is 2. The average Bonchev–Trinajstić information content (AvgIpc) is 3.02. The molecule has 1 atom stereocenters. The Kier molecular flexibility index (Phi) is 12.0. The van der Waals surface area contributed by atoms with E-state index in [1.807, 2.05) is 70.2 Å². The maximum Gasteiger partial charge on any atom is 0.264 e. The number of aryl methyl sites for hydroxylation is 1. The summed E-state index contributed by atoms with van der Waals surface area (Å²) in [6.07, 6.45) is 0.188. The van der Waals surface area contributed by atoms with Gasteiger partial charge in [-0.2, -0.15) is 0 Å². The predicted molar refractivity (Wildman–Crippen MR) is 195 cm³/mol. The van der Waals surface area contributed by atoms with E-state index in [-0.39, 0.29) is 29.7 Å². The van der Waals surface area contributed by atoms with E-state index in [0.29, 0.717) is 21.3 Å². The van der Waals surface area contributed by atoms with Gasteiger partial charge in [-0.3, -0.25) is 13.9 Å². The summed E-state index contributed by atoms with van der Waals surface area (Å²) in [6, 6.07) is 27.0. The van der Waals surface area contributed by atoms with Crippen molar-refractivity contribution in [3.05, 3.63) is 129 Å². The van der Waals surface area contributed by atoms with Gasteiger partial charge in [-0.05, 0) is 86.7 Å². The van der Waals surface area contributed by atoms with Crippen LogP contribution >= 0.6 is 23.2 Å². The van der Waals surface area contributed by atoms with Crippen molar-refractivity contribution in [3.8, 4) is 0 Å². The summed E-state index contributed by atoms with van der Waals surface area (Å²) in [4.78, 5) is 30.2. The van der Waals surface area contributed by atoms with Gasteiger partial charge >= 0.3 is 0 Å². The number of carbonyl (C=O) groups is 2. The van der Waals surface area contributed by atoms with Crippen molar-refractivity contribution in [3.63, 3.8) is 0 Å². The van der Waals surface area contributed by atoms with Gasteiger partial charge in [0.25, 0.3) is 10.0 Å². The minimum Gasteiger partial charge on any atom is -0.350 e. The van der Waals surface area contributed by atoms with Crippen molar-refractivity contribution in [2.24, 2.45) is 0 Å². The quantitative estimate of drug-likeness (QED) is 0.161. The van der Waals surface area contributed by atoms with Crippen LogP contribution in [0.2, 0.25) is 10.0 Å². The number of anilines is 1. The lowest BCUT2D eigenvalue weighted by Crippen LogP contribution is -2.56. The van der Waals surface area contributed by atoms with Crippen LogP contribution in [-0.4, -0.2) is 43.3 Å². The molecule has 0 saturated carbocycles. The maximum absolute atomic E-state index is 14.7. The third kappa shape index (κ3) is 9.62. The van der Waals surface area contributed by atoms with E-state index in [0.717, 1.165) is 21.0 Å². The molecule has 0 spiro atoms. The second-order valence-corrected chi connectivity index (χ2v) is 16.0. The maximum atomic E-state index is 14.7. The highest BCUT2D eigenvalue weighted by molar-refractivity contribution is 7.92. The van der Waals surface area contributed by atoms with Gasteiger partial charge in [-0.1, -0.05) is 103 Å². The number of amides is 2. The van der Waals surface area contributed by atoms with Crippen molar-refractivity contribution in [2.75, 3.05) is 10.8 Å². The Bertz CT molecular complexity index is 1820. The Balaban J connectivity index is 1.85. The van der Waals surface area contributed by atoms with E-state index < -0.39 is 34.1 Å². The summed E-state index contributed by atoms with van der Waals surface area (Å²) in [6.45, 7) is 10.9. The zero-order valence-electron chi connectivity index (χ0n) is 28.2. The third-order valence-electron chi connectivity index (χ3n) is 7.86. The number of nitrogens with zero attached hydrogens (tertiary/aromatic N) is 2. The summed E-state index contributed by atoms with van der Waals surface area (Å²) >= 11 is 12.8. The molecule has 0 aliphatic rings. The van der Waals surface area contributed by atoms with Crippen LogP contribution in [0.15, 0.2) is 102 Å². The number of hydrogen-bond donors (Lipinski definition) is 1. The number of rotatable bonds is 12. The molecular formula is C38H43Cl2N3O4S. The van der Waals surface area contributed by atoms with Gasteiger partial charge in [0.2, 0.25) is 11.8 Å². The molecule has 254 valence electrons. The first kappa shape index (κ1) is 37.0. The van der Waals surface area contributed by atoms with Gasteiger partial charge in [-0.25, -0.2) is 8.42 Å². The first-order valence-corrected chi connectivity index (χ1v) is 18.0. The second kappa shape index (κ2) is 15.6. The number of benzene rings is 4. The van der Waals surface area contributed by atoms with Crippen molar-refractivity contribution >= 4 is 50.7 Å². The lowest BCUT2D eigenvalue weighted by molar-refractivity contribution is -0.140. The first-order chi connectivity index (χ1) is 22.5. The van der Waals surface area contributed by atoms with Crippen molar-refractivity contribution < 1.29 is 18.0 Å². The molecule has 0 saturated heterocycles. The largest absolute Gasteiger partial charge is 0.350 e. The van der Waals surface area contributed by atoms with Gasteiger partial charge < -0.3 is 10.2 Å². The van der Waals surface area contributed by atoms with E-state index in [1.54, 1.807) is 42.5 Å². The second-order valence-electron chi connectivity index (χ2n) is 13.3. The molecule has 0 aromatic heterocycles. The Morgan fingerprint density at radius 3 is 2.04 bits per heavy atom. The fourth-order valence-corrected chi connectivity index (χ4v) is 7.11. The predicted octanol–water partition coefficient (Wildman–Crippen LogP) is 8.18. The molecule has 0 heterocycles. The van der Waals surface area contributed by atoms with Gasteiger partial charge in [0, 0.05) is 28.5 Å². The number of nitrogens with one attached hydrogen (secondary N) is 1. The molecule has 0 fully saturated rings. The molecule has 0 radical (unpaired) electrons. The molecule has 0 unspecified atom stereocenters. The van der Waals surface area contributed by atoms with Gasteiger partial charge in [0.1, 0.15) is 12.6 Å². The van der Waals surface area contributed by atoms with Crippen LogP contribution in [0, 0.1) is 6.92 Å². The molecular weight excluding hydrogens is 665 g/mol. The lowest BCUT2D eigenvalue weighted by Gasteiger charge is -2.35. The SMILES string of the molecule is Cc1ccc(S(=O)(=O)N(CC(=O)N(Cc2ccc(Cl)cc2Cl)[C@@H](Cc2ccccc2)C(=O)NC(C)(C)C)c2ccc(C(C)C)cc2)cc1. The van der Waals surface area contributed by atoms with Crippen LogP contribution in [0.4, 0.5) is 5.69 Å². The summed E-state index contributed by atoms with van der Waals surface area (Å²) in [7, 11) is -4.21. The van der Waals surface area contributed by atoms with Crippen LogP contribution in [0.3, 0.4) is 0 Å². The van der Waals surface area contributed by atoms with E-state index in [4.69, 9.17) is 23.2 Å². The fraction of sp³-hybridized carbons (Fsp3) is 0.316. The normalized spacial score (nSPS) is 12.4. The summed E-state index contributed by atoms with van der Waals surface area (Å²) in [5.41, 5.74) is 3.05. The van der Waals surface area contributed by atoms with Crippen molar-refractivity contribution in [1.29, 1.82) is 0 Å².